The summed E-state index contributed by atoms with van der Waals surface area (Å²) < 4.78 is 18.4. The van der Waals surface area contributed by atoms with Gasteiger partial charge in [-0.3, -0.25) is 4.79 Å². The van der Waals surface area contributed by atoms with Crippen LogP contribution in [0.25, 0.3) is 0 Å². The van der Waals surface area contributed by atoms with Crippen molar-refractivity contribution >= 4 is 50.6 Å². The molecule has 0 heterocycles. The number of carbonyl (C=O) groups excluding carboxylic acids is 1. The summed E-state index contributed by atoms with van der Waals surface area (Å²) in [6.45, 7) is 2.47. The first kappa shape index (κ1) is 24.1. The Labute approximate surface area is 209 Å². The molecule has 1 N–H and O–H groups in total. The summed E-state index contributed by atoms with van der Waals surface area (Å²) >= 11 is 5.68. The van der Waals surface area contributed by atoms with Crippen molar-refractivity contribution < 1.29 is 19.0 Å². The van der Waals surface area contributed by atoms with Crippen LogP contribution in [0.1, 0.15) is 27.0 Å². The second-order valence-electron chi connectivity index (χ2n) is 6.85. The molecule has 166 valence electrons. The molecule has 0 spiro atoms. The van der Waals surface area contributed by atoms with E-state index in [0.717, 1.165) is 19.2 Å². The van der Waals surface area contributed by atoms with Crippen LogP contribution in [0, 0.1) is 10.5 Å². The third-order valence-electron chi connectivity index (χ3n) is 4.54. The summed E-state index contributed by atoms with van der Waals surface area (Å²) in [6, 6.07) is 17.0. The Morgan fingerprint density at radius 3 is 2.56 bits per heavy atom. The molecule has 3 aromatic carbocycles. The highest BCUT2D eigenvalue weighted by atomic mass is 127. The Hall–Kier alpha value is -2.59. The van der Waals surface area contributed by atoms with Gasteiger partial charge in [0.25, 0.3) is 5.91 Å². The summed E-state index contributed by atoms with van der Waals surface area (Å²) in [6.07, 6.45) is 1.54. The number of amides is 1. The van der Waals surface area contributed by atoms with Crippen LogP contribution in [0.3, 0.4) is 0 Å². The molecule has 0 bridgehead atoms. The van der Waals surface area contributed by atoms with Crippen molar-refractivity contribution in [2.24, 2.45) is 5.10 Å². The second-order valence-corrected chi connectivity index (χ2v) is 8.87. The minimum absolute atomic E-state index is 0.336. The van der Waals surface area contributed by atoms with E-state index >= 15 is 0 Å². The molecular formula is C24H22BrIN2O4. The molecule has 0 atom stereocenters. The number of hydrogen-bond donors (Lipinski definition) is 1. The van der Waals surface area contributed by atoms with Crippen LogP contribution in [0.4, 0.5) is 0 Å². The van der Waals surface area contributed by atoms with Crippen LogP contribution >= 0.6 is 38.5 Å². The number of nitrogens with one attached hydrogen (secondary N) is 1. The largest absolute Gasteiger partial charge is 0.496 e. The Morgan fingerprint density at radius 1 is 1.06 bits per heavy atom. The number of methoxy groups -OCH3 is 2. The zero-order valence-corrected chi connectivity index (χ0v) is 21.6. The first-order valence-electron chi connectivity index (χ1n) is 9.64. The third-order valence-corrected chi connectivity index (χ3v) is 6.12. The standard InChI is InChI=1S/C24H22BrIN2O4/c1-15-5-4-6-16(9-15)14-32-23-12-19(25)18(11-22(23)31-3)13-27-28-24(29)17-7-8-20(26)21(10-17)30-2/h4-13H,14H2,1-3H3,(H,28,29)/b27-13-. The van der Waals surface area contributed by atoms with Gasteiger partial charge in [0, 0.05) is 15.6 Å². The van der Waals surface area contributed by atoms with Gasteiger partial charge >= 0.3 is 0 Å². The summed E-state index contributed by atoms with van der Waals surface area (Å²) in [5.41, 5.74) is 5.96. The molecule has 6 nitrogen and oxygen atoms in total. The number of carbonyl (C=O) groups is 1. The maximum atomic E-state index is 12.4. The molecule has 0 aliphatic heterocycles. The van der Waals surface area contributed by atoms with Gasteiger partial charge in [-0.05, 0) is 81.3 Å². The van der Waals surface area contributed by atoms with Gasteiger partial charge in [-0.1, -0.05) is 29.8 Å². The fourth-order valence-corrected chi connectivity index (χ4v) is 3.89. The number of hydrazone groups is 1. The number of halogens is 2. The Kier molecular flexibility index (Phi) is 8.52. The zero-order valence-electron chi connectivity index (χ0n) is 17.8. The summed E-state index contributed by atoms with van der Waals surface area (Å²) in [7, 11) is 3.14. The lowest BCUT2D eigenvalue weighted by Gasteiger charge is -2.13. The minimum atomic E-state index is -0.336. The summed E-state index contributed by atoms with van der Waals surface area (Å²) in [5.74, 6) is 1.47. The molecule has 0 unspecified atom stereocenters. The van der Waals surface area contributed by atoms with Crippen molar-refractivity contribution in [3.8, 4) is 17.2 Å². The highest BCUT2D eigenvalue weighted by molar-refractivity contribution is 14.1. The number of nitrogens with zero attached hydrogens (tertiary/aromatic N) is 1. The summed E-state index contributed by atoms with van der Waals surface area (Å²) in [4.78, 5) is 12.4. The average molecular weight is 609 g/mol. The highest BCUT2D eigenvalue weighted by Crippen LogP contribution is 2.33. The van der Waals surface area contributed by atoms with Crippen LogP contribution in [0.2, 0.25) is 0 Å². The van der Waals surface area contributed by atoms with Gasteiger partial charge in [-0.2, -0.15) is 5.10 Å². The van der Waals surface area contributed by atoms with Crippen LogP contribution in [0.15, 0.2) is 64.2 Å². The van der Waals surface area contributed by atoms with E-state index in [9.17, 15) is 4.79 Å². The first-order chi connectivity index (χ1) is 15.4. The molecular weight excluding hydrogens is 587 g/mol. The normalized spacial score (nSPS) is 10.8. The molecule has 3 aromatic rings. The van der Waals surface area contributed by atoms with E-state index in [-0.39, 0.29) is 5.91 Å². The van der Waals surface area contributed by atoms with E-state index in [4.69, 9.17) is 14.2 Å². The van der Waals surface area contributed by atoms with Gasteiger partial charge in [-0.15, -0.1) is 0 Å². The SMILES string of the molecule is COc1cc(C(=O)N/N=C\c2cc(OC)c(OCc3cccc(C)c3)cc2Br)ccc1I. The number of benzene rings is 3. The van der Waals surface area contributed by atoms with Gasteiger partial charge < -0.3 is 14.2 Å². The molecule has 0 saturated heterocycles. The molecule has 0 aliphatic rings. The molecule has 8 heteroatoms. The van der Waals surface area contributed by atoms with Crippen LogP contribution in [-0.4, -0.2) is 26.3 Å². The van der Waals surface area contributed by atoms with Crippen molar-refractivity contribution in [2.75, 3.05) is 14.2 Å². The maximum absolute atomic E-state index is 12.4. The monoisotopic (exact) mass is 608 g/mol. The lowest BCUT2D eigenvalue weighted by Crippen LogP contribution is -2.17. The topological polar surface area (TPSA) is 69.2 Å². The van der Waals surface area contributed by atoms with Crippen molar-refractivity contribution in [1.29, 1.82) is 0 Å². The molecule has 0 aliphatic carbocycles. The van der Waals surface area contributed by atoms with E-state index in [1.54, 1.807) is 38.6 Å². The Morgan fingerprint density at radius 2 is 1.84 bits per heavy atom. The molecule has 1 amide bonds. The molecule has 0 aromatic heterocycles. The van der Waals surface area contributed by atoms with Crippen molar-refractivity contribution in [3.63, 3.8) is 0 Å². The van der Waals surface area contributed by atoms with Gasteiger partial charge in [0.1, 0.15) is 12.4 Å². The van der Waals surface area contributed by atoms with Crippen LogP contribution in [0.5, 0.6) is 17.2 Å². The van der Waals surface area contributed by atoms with E-state index in [1.165, 1.54) is 5.56 Å². The third kappa shape index (κ3) is 6.23. The van der Waals surface area contributed by atoms with E-state index < -0.39 is 0 Å². The van der Waals surface area contributed by atoms with Gasteiger partial charge in [0.05, 0.1) is 24.0 Å². The van der Waals surface area contributed by atoms with E-state index in [1.807, 2.05) is 37.3 Å². The van der Waals surface area contributed by atoms with Crippen molar-refractivity contribution in [2.45, 2.75) is 13.5 Å². The predicted octanol–water partition coefficient (Wildman–Crippen LogP) is 5.72. The Bertz CT molecular complexity index is 1150. The first-order valence-corrected chi connectivity index (χ1v) is 11.5. The predicted molar refractivity (Wildman–Crippen MR) is 137 cm³/mol. The average Bonchev–Trinajstić information content (AvgIpc) is 2.79. The van der Waals surface area contributed by atoms with E-state index in [2.05, 4.69) is 55.1 Å². The quantitative estimate of drug-likeness (QED) is 0.202. The zero-order chi connectivity index (χ0) is 23.1. The molecule has 0 radical (unpaired) electrons. The van der Waals surface area contributed by atoms with Gasteiger partial charge in [0.15, 0.2) is 11.5 Å². The lowest BCUT2D eigenvalue weighted by molar-refractivity contribution is 0.0954. The number of rotatable bonds is 8. The molecule has 3 rings (SSSR count). The van der Waals surface area contributed by atoms with Gasteiger partial charge in [0.2, 0.25) is 0 Å². The Balaban J connectivity index is 1.70. The lowest BCUT2D eigenvalue weighted by atomic mass is 10.1. The smallest absolute Gasteiger partial charge is 0.271 e. The van der Waals surface area contributed by atoms with Crippen LogP contribution < -0.4 is 19.6 Å². The highest BCUT2D eigenvalue weighted by Gasteiger charge is 2.11. The molecule has 0 saturated carbocycles. The second kappa shape index (κ2) is 11.3. The van der Waals surface area contributed by atoms with Crippen molar-refractivity contribution in [3.05, 3.63) is 84.9 Å². The number of aryl methyl sites for hydroxylation is 1. The van der Waals surface area contributed by atoms with Gasteiger partial charge in [-0.25, -0.2) is 5.43 Å². The van der Waals surface area contributed by atoms with E-state index in [0.29, 0.717) is 29.4 Å². The fourth-order valence-electron chi connectivity index (χ4n) is 2.91. The number of ether oxygens (including phenoxy) is 3. The molecule has 0 fully saturated rings. The molecule has 32 heavy (non-hydrogen) atoms. The maximum Gasteiger partial charge on any atom is 0.271 e. The number of hydrogen-bond acceptors (Lipinski definition) is 5. The summed E-state index contributed by atoms with van der Waals surface area (Å²) in [5, 5.41) is 4.07. The van der Waals surface area contributed by atoms with Crippen molar-refractivity contribution in [1.82, 2.24) is 5.43 Å². The minimum Gasteiger partial charge on any atom is -0.496 e. The van der Waals surface area contributed by atoms with Crippen LogP contribution in [-0.2, 0) is 6.61 Å². The fraction of sp³-hybridized carbons (Fsp3) is 0.167.